The zero-order valence-corrected chi connectivity index (χ0v) is 10.2. The van der Waals surface area contributed by atoms with Gasteiger partial charge in [-0.2, -0.15) is 0 Å². The fourth-order valence-corrected chi connectivity index (χ4v) is 1.71. The summed E-state index contributed by atoms with van der Waals surface area (Å²) in [7, 11) is 0. The Kier molecular flexibility index (Phi) is 3.84. The Labute approximate surface area is 104 Å². The van der Waals surface area contributed by atoms with Crippen molar-refractivity contribution in [1.82, 2.24) is 0 Å². The first kappa shape index (κ1) is 13.2. The SMILES string of the molecule is CC(=O)Nc1c(O)ccc(Br)c1C(=O)C(=O)O. The Morgan fingerprint density at radius 1 is 1.29 bits per heavy atom. The zero-order chi connectivity index (χ0) is 13.2. The minimum Gasteiger partial charge on any atom is -0.506 e. The third kappa shape index (κ3) is 2.82. The molecule has 0 fully saturated rings. The lowest BCUT2D eigenvalue weighted by atomic mass is 10.1. The van der Waals surface area contributed by atoms with Gasteiger partial charge in [0.2, 0.25) is 5.91 Å². The Hall–Kier alpha value is -1.89. The van der Waals surface area contributed by atoms with Gasteiger partial charge in [-0.3, -0.25) is 9.59 Å². The number of nitrogens with one attached hydrogen (secondary N) is 1. The summed E-state index contributed by atoms with van der Waals surface area (Å²) in [6, 6.07) is 2.55. The first-order valence-corrected chi connectivity index (χ1v) is 5.20. The number of benzene rings is 1. The predicted octanol–water partition coefficient (Wildman–Crippen LogP) is 1.38. The third-order valence-electron chi connectivity index (χ3n) is 1.85. The molecule has 0 aliphatic heterocycles. The van der Waals surface area contributed by atoms with Crippen LogP contribution in [-0.4, -0.2) is 27.9 Å². The number of hydrogen-bond donors (Lipinski definition) is 3. The molecule has 0 saturated carbocycles. The number of phenols is 1. The van der Waals surface area contributed by atoms with Crippen molar-refractivity contribution >= 4 is 39.3 Å². The quantitative estimate of drug-likeness (QED) is 0.444. The van der Waals surface area contributed by atoms with Gasteiger partial charge >= 0.3 is 5.97 Å². The van der Waals surface area contributed by atoms with Gasteiger partial charge in [-0.15, -0.1) is 0 Å². The summed E-state index contributed by atoms with van der Waals surface area (Å²) in [5, 5.41) is 20.4. The highest BCUT2D eigenvalue weighted by Crippen LogP contribution is 2.33. The van der Waals surface area contributed by atoms with Gasteiger partial charge in [-0.25, -0.2) is 4.79 Å². The molecule has 0 bridgehead atoms. The Bertz CT molecular complexity index is 512. The highest BCUT2D eigenvalue weighted by molar-refractivity contribution is 9.10. The average molecular weight is 302 g/mol. The lowest BCUT2D eigenvalue weighted by molar-refractivity contribution is -0.131. The smallest absolute Gasteiger partial charge is 0.377 e. The Morgan fingerprint density at radius 3 is 2.35 bits per heavy atom. The number of rotatable bonds is 3. The van der Waals surface area contributed by atoms with Gasteiger partial charge in [-0.05, 0) is 28.1 Å². The number of aliphatic carboxylic acids is 1. The molecule has 6 nitrogen and oxygen atoms in total. The molecule has 0 spiro atoms. The molecule has 0 unspecified atom stereocenters. The van der Waals surface area contributed by atoms with Crippen LogP contribution in [0, 0.1) is 0 Å². The number of carbonyl (C=O) groups is 3. The van der Waals surface area contributed by atoms with Crippen LogP contribution >= 0.6 is 15.9 Å². The first-order chi connectivity index (χ1) is 7.84. The molecule has 3 N–H and O–H groups in total. The maximum atomic E-state index is 11.4. The van der Waals surface area contributed by atoms with Crippen molar-refractivity contribution in [3.8, 4) is 5.75 Å². The van der Waals surface area contributed by atoms with Crippen LogP contribution in [0.1, 0.15) is 17.3 Å². The highest BCUT2D eigenvalue weighted by Gasteiger charge is 2.24. The molecular formula is C10H8BrNO5. The van der Waals surface area contributed by atoms with Crippen LogP contribution in [0.4, 0.5) is 5.69 Å². The molecule has 0 aromatic heterocycles. The van der Waals surface area contributed by atoms with Gasteiger partial charge in [-0.1, -0.05) is 0 Å². The van der Waals surface area contributed by atoms with E-state index in [1.807, 2.05) is 0 Å². The summed E-state index contributed by atoms with van der Waals surface area (Å²) in [5.74, 6) is -3.81. The number of ketones is 1. The van der Waals surface area contributed by atoms with Crippen molar-refractivity contribution in [1.29, 1.82) is 0 Å². The van der Waals surface area contributed by atoms with Crippen LogP contribution in [0.15, 0.2) is 16.6 Å². The van der Waals surface area contributed by atoms with E-state index in [4.69, 9.17) is 5.11 Å². The molecule has 90 valence electrons. The van der Waals surface area contributed by atoms with Gasteiger partial charge in [0.15, 0.2) is 0 Å². The van der Waals surface area contributed by atoms with Crippen LogP contribution in [-0.2, 0) is 9.59 Å². The summed E-state index contributed by atoms with van der Waals surface area (Å²) in [6.07, 6.45) is 0. The molecule has 1 amide bonds. The molecule has 1 rings (SSSR count). The first-order valence-electron chi connectivity index (χ1n) is 4.41. The summed E-state index contributed by atoms with van der Waals surface area (Å²) in [4.78, 5) is 33.0. The van der Waals surface area contributed by atoms with E-state index in [1.165, 1.54) is 19.1 Å². The second-order valence-electron chi connectivity index (χ2n) is 3.13. The van der Waals surface area contributed by atoms with Crippen LogP contribution in [0.3, 0.4) is 0 Å². The van der Waals surface area contributed by atoms with E-state index < -0.39 is 17.7 Å². The number of hydrogen-bond acceptors (Lipinski definition) is 4. The van der Waals surface area contributed by atoms with Crippen LogP contribution < -0.4 is 5.32 Å². The molecule has 0 saturated heterocycles. The molecular weight excluding hydrogens is 294 g/mol. The maximum Gasteiger partial charge on any atom is 0.377 e. The monoisotopic (exact) mass is 301 g/mol. The molecule has 0 aliphatic rings. The van der Waals surface area contributed by atoms with Crippen LogP contribution in [0.2, 0.25) is 0 Å². The van der Waals surface area contributed by atoms with Gasteiger partial charge in [0, 0.05) is 11.4 Å². The largest absolute Gasteiger partial charge is 0.506 e. The van der Waals surface area contributed by atoms with E-state index in [9.17, 15) is 19.5 Å². The summed E-state index contributed by atoms with van der Waals surface area (Å²) in [6.45, 7) is 1.18. The molecule has 0 aliphatic carbocycles. The number of anilines is 1. The molecule has 1 aromatic carbocycles. The number of carbonyl (C=O) groups excluding carboxylic acids is 2. The third-order valence-corrected chi connectivity index (χ3v) is 2.52. The van der Waals surface area contributed by atoms with Gasteiger partial charge in [0.25, 0.3) is 5.78 Å². The summed E-state index contributed by atoms with van der Waals surface area (Å²) < 4.78 is 0.173. The lowest BCUT2D eigenvalue weighted by Gasteiger charge is -2.11. The number of aromatic hydroxyl groups is 1. The average Bonchev–Trinajstić information content (AvgIpc) is 2.22. The zero-order valence-electron chi connectivity index (χ0n) is 8.65. The number of Topliss-reactive ketones (excluding diaryl/α,β-unsaturated/α-hetero) is 1. The lowest BCUT2D eigenvalue weighted by Crippen LogP contribution is -2.17. The summed E-state index contributed by atoms with van der Waals surface area (Å²) >= 11 is 2.99. The number of carboxylic acids is 1. The van der Waals surface area contributed by atoms with E-state index in [0.29, 0.717) is 0 Å². The van der Waals surface area contributed by atoms with Crippen LogP contribution in [0.5, 0.6) is 5.75 Å². The van der Waals surface area contributed by atoms with E-state index in [0.717, 1.165) is 0 Å². The molecule has 7 heteroatoms. The predicted molar refractivity (Wildman–Crippen MR) is 62.1 cm³/mol. The molecule has 1 aromatic rings. The second-order valence-corrected chi connectivity index (χ2v) is 3.99. The molecule has 0 heterocycles. The fourth-order valence-electron chi connectivity index (χ4n) is 1.20. The Morgan fingerprint density at radius 2 is 1.88 bits per heavy atom. The van der Waals surface area contributed by atoms with Gasteiger partial charge in [0.05, 0.1) is 11.3 Å². The fraction of sp³-hybridized carbons (Fsp3) is 0.100. The highest BCUT2D eigenvalue weighted by atomic mass is 79.9. The van der Waals surface area contributed by atoms with E-state index >= 15 is 0 Å². The normalized spacial score (nSPS) is 9.76. The number of phenolic OH excluding ortho intramolecular Hbond substituents is 1. The van der Waals surface area contributed by atoms with Crippen molar-refractivity contribution in [2.75, 3.05) is 5.32 Å². The minimum absolute atomic E-state index is 0.173. The standard InChI is InChI=1S/C10H8BrNO5/c1-4(13)12-8-6(14)3-2-5(11)7(8)9(15)10(16)17/h2-3,14H,1H3,(H,12,13)(H,16,17). The van der Waals surface area contributed by atoms with Crippen molar-refractivity contribution in [3.05, 3.63) is 22.2 Å². The Balaban J connectivity index is 3.44. The second kappa shape index (κ2) is 4.96. The van der Waals surface area contributed by atoms with Crippen LogP contribution in [0.25, 0.3) is 0 Å². The number of halogens is 1. The molecule has 17 heavy (non-hydrogen) atoms. The van der Waals surface area contributed by atoms with Gasteiger partial charge < -0.3 is 15.5 Å². The molecule has 0 radical (unpaired) electrons. The van der Waals surface area contributed by atoms with Crippen molar-refractivity contribution in [2.45, 2.75) is 6.92 Å². The minimum atomic E-state index is -1.68. The van der Waals surface area contributed by atoms with E-state index in [2.05, 4.69) is 21.2 Å². The summed E-state index contributed by atoms with van der Waals surface area (Å²) in [5.41, 5.74) is -0.521. The molecule has 0 atom stereocenters. The maximum absolute atomic E-state index is 11.4. The topological polar surface area (TPSA) is 104 Å². The van der Waals surface area contributed by atoms with Gasteiger partial charge in [0.1, 0.15) is 5.75 Å². The van der Waals surface area contributed by atoms with E-state index in [1.54, 1.807) is 0 Å². The number of carboxylic acid groups (broad SMARTS) is 1. The van der Waals surface area contributed by atoms with Crippen molar-refractivity contribution in [3.63, 3.8) is 0 Å². The van der Waals surface area contributed by atoms with E-state index in [-0.39, 0.29) is 21.5 Å². The van der Waals surface area contributed by atoms with Crippen molar-refractivity contribution < 1.29 is 24.6 Å². The van der Waals surface area contributed by atoms with Crippen molar-refractivity contribution in [2.24, 2.45) is 0 Å². The number of amides is 1.